The standard InChI is InChI=1S/C61H45BN3.Ir/c1-6-18-49(19-7-1)59-36-34-45(42-63-59)30-32-47-38-48(33-31-46-35-37-60(64-43-46)50-20-8-2-9-21-50)40-52(39-47)55-28-16-17-29-56(55)57-44-65-61(51-22-10-3-11-23-51)41-58(57)62(53-24-12-4-13-25-53)54-26-14-5-15-27-54;/h1-18,20,22,24-29,34-44H,30-33H2;/q-3;+3. The Bertz CT molecular complexity index is 2970. The molecule has 0 aliphatic rings. The van der Waals surface area contributed by atoms with E-state index >= 15 is 0 Å². The molecule has 0 bridgehead atoms. The van der Waals surface area contributed by atoms with Crippen LogP contribution in [0.5, 0.6) is 0 Å². The van der Waals surface area contributed by atoms with Gasteiger partial charge in [0.25, 0.3) is 0 Å². The van der Waals surface area contributed by atoms with Gasteiger partial charge in [-0.25, -0.2) is 0 Å². The van der Waals surface area contributed by atoms with Crippen LogP contribution in [-0.4, -0.2) is 21.7 Å². The van der Waals surface area contributed by atoms with Crippen molar-refractivity contribution >= 4 is 23.1 Å². The van der Waals surface area contributed by atoms with Gasteiger partial charge in [-0.05, 0) is 87.3 Å². The first-order valence-electron chi connectivity index (χ1n) is 22.4. The van der Waals surface area contributed by atoms with Crippen molar-refractivity contribution in [1.29, 1.82) is 0 Å². The van der Waals surface area contributed by atoms with E-state index in [1.165, 1.54) is 49.8 Å². The van der Waals surface area contributed by atoms with Crippen LogP contribution in [0, 0.1) is 18.2 Å². The second-order valence-electron chi connectivity index (χ2n) is 16.4. The Balaban J connectivity index is 0.00000548. The third-order valence-electron chi connectivity index (χ3n) is 12.1. The topological polar surface area (TPSA) is 38.7 Å². The Morgan fingerprint density at radius 2 is 0.788 bits per heavy atom. The van der Waals surface area contributed by atoms with Crippen molar-refractivity contribution in [2.75, 3.05) is 0 Å². The number of hydrogen-bond acceptors (Lipinski definition) is 3. The molecule has 0 N–H and O–H groups in total. The maximum atomic E-state index is 5.16. The zero-order valence-corrected chi connectivity index (χ0v) is 38.8. The maximum Gasteiger partial charge on any atom is 3.00 e. The van der Waals surface area contributed by atoms with E-state index in [2.05, 4.69) is 182 Å². The number of aromatic nitrogens is 3. The van der Waals surface area contributed by atoms with Crippen molar-refractivity contribution in [3.05, 3.63) is 265 Å². The summed E-state index contributed by atoms with van der Waals surface area (Å²) in [7, 11) is 0. The third kappa shape index (κ3) is 10.3. The molecule has 3 nitrogen and oxygen atoms in total. The van der Waals surface area contributed by atoms with Gasteiger partial charge < -0.3 is 15.0 Å². The average molecular weight is 1020 g/mol. The molecule has 316 valence electrons. The molecule has 0 saturated carbocycles. The van der Waals surface area contributed by atoms with Gasteiger partial charge in [-0.15, -0.1) is 108 Å². The predicted octanol–water partition coefficient (Wildman–Crippen LogP) is 11.7. The van der Waals surface area contributed by atoms with E-state index in [0.717, 1.165) is 70.6 Å². The zero-order valence-electron chi connectivity index (χ0n) is 36.4. The molecule has 0 aliphatic heterocycles. The monoisotopic (exact) mass is 1020 g/mol. The van der Waals surface area contributed by atoms with E-state index < -0.39 is 0 Å². The Morgan fingerprint density at radius 3 is 1.26 bits per heavy atom. The minimum Gasteiger partial charge on any atom is -0.304 e. The number of rotatable bonds is 14. The average Bonchev–Trinajstić information content (AvgIpc) is 3.39. The van der Waals surface area contributed by atoms with Gasteiger partial charge in [0.15, 0.2) is 0 Å². The van der Waals surface area contributed by atoms with Gasteiger partial charge in [-0.1, -0.05) is 150 Å². The fraction of sp³-hybridized carbons (Fsp3) is 0.0656. The molecule has 0 radical (unpaired) electrons. The molecule has 0 saturated heterocycles. The van der Waals surface area contributed by atoms with E-state index in [1.807, 2.05) is 60.9 Å². The van der Waals surface area contributed by atoms with Gasteiger partial charge in [0, 0.05) is 18.6 Å². The summed E-state index contributed by atoms with van der Waals surface area (Å²) in [6.45, 7) is -0.0348. The van der Waals surface area contributed by atoms with Crippen LogP contribution in [0.4, 0.5) is 0 Å². The minimum absolute atomic E-state index is 0. The molecule has 0 atom stereocenters. The van der Waals surface area contributed by atoms with Crippen LogP contribution >= 0.6 is 0 Å². The molecule has 3 heterocycles. The molecular formula is C61H45BIrN3. The van der Waals surface area contributed by atoms with Crippen molar-refractivity contribution in [2.24, 2.45) is 0 Å². The van der Waals surface area contributed by atoms with Gasteiger partial charge in [-0.3, -0.25) is 0 Å². The SMILES string of the molecule is [Ir+3].[c-]1ccccc1-c1ccc(CCc2cc(CCc3ccc(-c4[c-]cccc4)nc3)cc(-c3ccccc3-c3cnc(-c4[c-]cccc4)cc3B(c3ccccc3)c3ccccc3)c2)cn1. The second kappa shape index (κ2) is 21.1. The molecule has 0 aliphatic carbocycles. The molecular weight excluding hydrogens is 978 g/mol. The van der Waals surface area contributed by atoms with E-state index in [0.29, 0.717) is 0 Å². The molecule has 7 aromatic carbocycles. The Kier molecular flexibility index (Phi) is 14.1. The van der Waals surface area contributed by atoms with Gasteiger partial charge in [0.1, 0.15) is 0 Å². The molecule has 10 rings (SSSR count). The largest absolute Gasteiger partial charge is 3.00 e. The van der Waals surface area contributed by atoms with E-state index in [9.17, 15) is 0 Å². The molecule has 0 fully saturated rings. The van der Waals surface area contributed by atoms with E-state index in [-0.39, 0.29) is 26.8 Å². The zero-order chi connectivity index (χ0) is 43.6. The summed E-state index contributed by atoms with van der Waals surface area (Å²) in [6, 6.07) is 82.8. The van der Waals surface area contributed by atoms with Crippen molar-refractivity contribution in [1.82, 2.24) is 15.0 Å². The van der Waals surface area contributed by atoms with Gasteiger partial charge in [0.05, 0.1) is 0 Å². The Labute approximate surface area is 402 Å². The number of aryl methyl sites for hydroxylation is 4. The summed E-state index contributed by atoms with van der Waals surface area (Å²) in [5.41, 5.74) is 19.0. The van der Waals surface area contributed by atoms with Crippen molar-refractivity contribution < 1.29 is 20.1 Å². The third-order valence-corrected chi connectivity index (χ3v) is 12.1. The maximum absolute atomic E-state index is 5.16. The van der Waals surface area contributed by atoms with Gasteiger partial charge in [0.2, 0.25) is 6.71 Å². The quantitative estimate of drug-likeness (QED) is 0.0805. The summed E-state index contributed by atoms with van der Waals surface area (Å²) in [4.78, 5) is 14.8. The summed E-state index contributed by atoms with van der Waals surface area (Å²) in [6.07, 6.45) is 9.62. The summed E-state index contributed by atoms with van der Waals surface area (Å²) < 4.78 is 0. The molecule has 66 heavy (non-hydrogen) atoms. The smallest absolute Gasteiger partial charge is 0.304 e. The number of hydrogen-bond donors (Lipinski definition) is 0. The number of nitrogens with zero attached hydrogens (tertiary/aromatic N) is 3. The first-order chi connectivity index (χ1) is 32.2. The van der Waals surface area contributed by atoms with Crippen LogP contribution in [0.15, 0.2) is 225 Å². The van der Waals surface area contributed by atoms with Crippen LogP contribution in [-0.2, 0) is 45.8 Å². The molecule has 3 aromatic heterocycles. The van der Waals surface area contributed by atoms with E-state index in [4.69, 9.17) is 15.0 Å². The van der Waals surface area contributed by atoms with Crippen LogP contribution in [0.1, 0.15) is 22.3 Å². The van der Waals surface area contributed by atoms with E-state index in [1.54, 1.807) is 0 Å². The summed E-state index contributed by atoms with van der Waals surface area (Å²) in [5.74, 6) is 0. The van der Waals surface area contributed by atoms with Crippen LogP contribution in [0.3, 0.4) is 0 Å². The number of benzene rings is 7. The van der Waals surface area contributed by atoms with Crippen LogP contribution in [0.25, 0.3) is 56.0 Å². The molecule has 5 heteroatoms. The molecule has 10 aromatic rings. The second-order valence-corrected chi connectivity index (χ2v) is 16.4. The summed E-state index contributed by atoms with van der Waals surface area (Å²) in [5, 5.41) is 0. The van der Waals surface area contributed by atoms with Crippen LogP contribution < -0.4 is 16.4 Å². The minimum atomic E-state index is -0.0348. The van der Waals surface area contributed by atoms with Crippen molar-refractivity contribution in [3.8, 4) is 56.0 Å². The van der Waals surface area contributed by atoms with Crippen molar-refractivity contribution in [3.63, 3.8) is 0 Å². The fourth-order valence-corrected chi connectivity index (χ4v) is 8.80. The Morgan fingerprint density at radius 1 is 0.348 bits per heavy atom. The predicted molar refractivity (Wildman–Crippen MR) is 269 cm³/mol. The summed E-state index contributed by atoms with van der Waals surface area (Å²) >= 11 is 0. The van der Waals surface area contributed by atoms with Gasteiger partial charge >= 0.3 is 20.1 Å². The molecule has 0 amide bonds. The normalized spacial score (nSPS) is 10.8. The fourth-order valence-electron chi connectivity index (χ4n) is 8.80. The first-order valence-corrected chi connectivity index (χ1v) is 22.4. The van der Waals surface area contributed by atoms with Crippen molar-refractivity contribution in [2.45, 2.75) is 25.7 Å². The van der Waals surface area contributed by atoms with Gasteiger partial charge in [-0.2, -0.15) is 0 Å². The number of pyridine rings is 3. The first kappa shape index (κ1) is 43.9. The molecule has 0 spiro atoms. The molecule has 0 unspecified atom stereocenters. The Hall–Kier alpha value is -7.30. The van der Waals surface area contributed by atoms with Crippen LogP contribution in [0.2, 0.25) is 0 Å².